The van der Waals surface area contributed by atoms with Crippen LogP contribution in [-0.4, -0.2) is 73.7 Å². The summed E-state index contributed by atoms with van der Waals surface area (Å²) in [5.41, 5.74) is 2.91. The highest BCUT2D eigenvalue weighted by atomic mass is 19.1. The van der Waals surface area contributed by atoms with Crippen molar-refractivity contribution in [3.05, 3.63) is 77.0 Å². The van der Waals surface area contributed by atoms with Gasteiger partial charge in [0.2, 0.25) is 5.88 Å². The van der Waals surface area contributed by atoms with Crippen LogP contribution < -0.4 is 15.4 Å². The lowest BCUT2D eigenvalue weighted by Crippen LogP contribution is -2.43. The molecular weight excluding hydrogens is 568 g/mol. The van der Waals surface area contributed by atoms with Crippen LogP contribution in [0.2, 0.25) is 0 Å². The monoisotopic (exact) mass is 603 g/mol. The van der Waals surface area contributed by atoms with E-state index in [1.54, 1.807) is 32.4 Å². The number of carbonyl (C=O) groups is 2. The second kappa shape index (κ2) is 12.3. The topological polar surface area (TPSA) is 96.0 Å². The van der Waals surface area contributed by atoms with Gasteiger partial charge < -0.3 is 29.9 Å². The van der Waals surface area contributed by atoms with E-state index in [0.717, 1.165) is 50.0 Å². The van der Waals surface area contributed by atoms with Gasteiger partial charge in [-0.25, -0.2) is 18.6 Å². The zero-order chi connectivity index (χ0) is 31.0. The summed E-state index contributed by atoms with van der Waals surface area (Å²) >= 11 is 0. The molecule has 11 heteroatoms. The molecule has 3 amide bonds. The minimum absolute atomic E-state index is 0.00182. The number of amides is 3. The molecule has 9 nitrogen and oxygen atoms in total. The van der Waals surface area contributed by atoms with E-state index in [1.165, 1.54) is 41.2 Å². The molecular formula is C33H35F2N5O4. The van der Waals surface area contributed by atoms with E-state index in [-0.39, 0.29) is 46.6 Å². The van der Waals surface area contributed by atoms with Gasteiger partial charge in [-0.1, -0.05) is 24.3 Å². The molecule has 44 heavy (non-hydrogen) atoms. The van der Waals surface area contributed by atoms with Crippen LogP contribution in [0.5, 0.6) is 5.88 Å². The summed E-state index contributed by atoms with van der Waals surface area (Å²) in [6.07, 6.45) is 5.01. The molecule has 1 unspecified atom stereocenters. The molecule has 1 fully saturated rings. The third-order valence-corrected chi connectivity index (χ3v) is 8.50. The van der Waals surface area contributed by atoms with Crippen LogP contribution in [0, 0.1) is 11.6 Å². The number of rotatable bonds is 7. The number of anilines is 1. The number of aromatic nitrogens is 1. The Morgan fingerprint density at radius 2 is 1.73 bits per heavy atom. The normalized spacial score (nSPS) is 18.7. The highest BCUT2D eigenvalue weighted by molar-refractivity contribution is 6.05. The van der Waals surface area contributed by atoms with E-state index in [1.807, 2.05) is 6.07 Å². The van der Waals surface area contributed by atoms with Crippen molar-refractivity contribution in [1.29, 1.82) is 0 Å². The molecule has 1 atom stereocenters. The van der Waals surface area contributed by atoms with E-state index >= 15 is 8.78 Å². The van der Waals surface area contributed by atoms with Crippen LogP contribution in [0.25, 0.3) is 22.4 Å². The number of urea groups is 1. The van der Waals surface area contributed by atoms with E-state index in [9.17, 15) is 9.59 Å². The molecule has 1 saturated heterocycles. The minimum atomic E-state index is -0.771. The van der Waals surface area contributed by atoms with Gasteiger partial charge in [0.15, 0.2) is 5.82 Å². The molecule has 0 saturated carbocycles. The third-order valence-electron chi connectivity index (χ3n) is 8.50. The molecule has 0 spiro atoms. The number of nitrogens with zero attached hydrogens (tertiary/aromatic N) is 3. The molecule has 2 aliphatic heterocycles. The molecule has 2 N–H and O–H groups in total. The number of likely N-dealkylation sites (N-methyl/N-ethyl adjacent to an activating group) is 1. The van der Waals surface area contributed by atoms with Crippen molar-refractivity contribution in [3.8, 4) is 28.3 Å². The van der Waals surface area contributed by atoms with Gasteiger partial charge in [-0.05, 0) is 49.4 Å². The fourth-order valence-corrected chi connectivity index (χ4v) is 6.24. The maximum Gasteiger partial charge on any atom is 0.323 e. The average molecular weight is 604 g/mol. The fourth-order valence-electron chi connectivity index (χ4n) is 6.24. The Balaban J connectivity index is 1.28. The number of pyridine rings is 1. The number of aryl methyl sites for hydroxylation is 1. The summed E-state index contributed by atoms with van der Waals surface area (Å²) < 4.78 is 43.2. The molecule has 1 aromatic heterocycles. The zero-order valence-electron chi connectivity index (χ0n) is 25.0. The largest absolute Gasteiger partial charge is 0.481 e. The lowest BCUT2D eigenvalue weighted by Gasteiger charge is -2.28. The Kier molecular flexibility index (Phi) is 8.33. The van der Waals surface area contributed by atoms with Gasteiger partial charge in [-0.2, -0.15) is 0 Å². The first-order valence-corrected chi connectivity index (χ1v) is 14.7. The maximum atomic E-state index is 16.2. The summed E-state index contributed by atoms with van der Waals surface area (Å²) in [7, 11) is 4.68. The number of benzene rings is 2. The van der Waals surface area contributed by atoms with Crippen LogP contribution in [0.15, 0.2) is 54.2 Å². The first-order chi connectivity index (χ1) is 21.2. The predicted octanol–water partition coefficient (Wildman–Crippen LogP) is 5.28. The number of ether oxygens (including phenoxy) is 2. The minimum Gasteiger partial charge on any atom is -0.481 e. The number of carbonyl (C=O) groups excluding carboxylic acids is 2. The van der Waals surface area contributed by atoms with Gasteiger partial charge in [-0.15, -0.1) is 0 Å². The average Bonchev–Trinajstić information content (AvgIpc) is 3.43. The predicted molar refractivity (Wildman–Crippen MR) is 162 cm³/mol. The number of nitrogens with one attached hydrogen (secondary N) is 2. The molecule has 2 aromatic carbocycles. The quantitative estimate of drug-likeness (QED) is 0.382. The van der Waals surface area contributed by atoms with Crippen molar-refractivity contribution >= 4 is 17.6 Å². The van der Waals surface area contributed by atoms with E-state index in [0.29, 0.717) is 17.6 Å². The Morgan fingerprint density at radius 1 is 1.02 bits per heavy atom. The smallest absolute Gasteiger partial charge is 0.323 e. The van der Waals surface area contributed by atoms with Crippen molar-refractivity contribution in [2.45, 2.75) is 37.8 Å². The van der Waals surface area contributed by atoms with Gasteiger partial charge in [0.05, 0.1) is 30.6 Å². The molecule has 6 rings (SSSR count). The van der Waals surface area contributed by atoms with Crippen molar-refractivity contribution in [2.75, 3.05) is 46.3 Å². The summed E-state index contributed by atoms with van der Waals surface area (Å²) in [6, 6.07) is 11.3. The van der Waals surface area contributed by atoms with Crippen LogP contribution in [0.1, 0.15) is 36.4 Å². The maximum absolute atomic E-state index is 16.2. The number of hydrogen-bond donors (Lipinski definition) is 2. The van der Waals surface area contributed by atoms with E-state index in [2.05, 4.69) is 10.6 Å². The second-order valence-corrected chi connectivity index (χ2v) is 11.4. The van der Waals surface area contributed by atoms with Gasteiger partial charge in [0.1, 0.15) is 5.82 Å². The fraction of sp³-hybridized carbons (Fsp3) is 0.364. The van der Waals surface area contributed by atoms with Crippen LogP contribution in [0.3, 0.4) is 0 Å². The van der Waals surface area contributed by atoms with Crippen molar-refractivity contribution < 1.29 is 27.8 Å². The number of methoxy groups -OCH3 is 1. The highest BCUT2D eigenvalue weighted by Gasteiger charge is 2.31. The highest BCUT2D eigenvalue weighted by Crippen LogP contribution is 2.41. The molecule has 3 heterocycles. The number of fused-ring (bicyclic) bond motifs is 1. The van der Waals surface area contributed by atoms with Crippen molar-refractivity contribution in [2.24, 2.45) is 0 Å². The standard InChI is InChI=1S/C33H35F2N5O4/c1-39-17-20(18-40(2)33(39)42)31(41)37-26-9-5-7-23(30(26)35)22-6-4-8-24(29(22)34)27-16-19-10-11-25(28(19)32(38-27)43-3)36-21-12-14-44-15-13-21/h4-9,16-17,21,25,36H,10-15,18H2,1-3H3,(H,37,41). The van der Waals surface area contributed by atoms with Gasteiger partial charge in [0, 0.05) is 67.8 Å². The Hall–Kier alpha value is -4.35. The van der Waals surface area contributed by atoms with Crippen molar-refractivity contribution in [3.63, 3.8) is 0 Å². The molecule has 230 valence electrons. The summed E-state index contributed by atoms with van der Waals surface area (Å²) in [4.78, 5) is 32.3. The number of hydrogen-bond acceptors (Lipinski definition) is 6. The molecule has 0 radical (unpaired) electrons. The Labute approximate surface area is 254 Å². The lowest BCUT2D eigenvalue weighted by atomic mass is 9.98. The van der Waals surface area contributed by atoms with Gasteiger partial charge >= 0.3 is 6.03 Å². The van der Waals surface area contributed by atoms with Gasteiger partial charge in [-0.3, -0.25) is 4.79 Å². The van der Waals surface area contributed by atoms with Crippen LogP contribution in [-0.2, 0) is 16.0 Å². The molecule has 3 aromatic rings. The number of halogens is 2. The third kappa shape index (κ3) is 5.65. The first-order valence-electron chi connectivity index (χ1n) is 14.7. The van der Waals surface area contributed by atoms with E-state index in [4.69, 9.17) is 14.5 Å². The SMILES string of the molecule is COc1nc(-c2cccc(-c3cccc(NC(=O)C4=CN(C)C(=O)N(C)C4)c3F)c2F)cc2c1C(NC1CCOCC1)CC2. The van der Waals surface area contributed by atoms with Crippen LogP contribution >= 0.6 is 0 Å². The molecule has 1 aliphatic carbocycles. The molecule has 0 bridgehead atoms. The summed E-state index contributed by atoms with van der Waals surface area (Å²) in [6.45, 7) is 1.57. The summed E-state index contributed by atoms with van der Waals surface area (Å²) in [5.74, 6) is -1.50. The lowest BCUT2D eigenvalue weighted by molar-refractivity contribution is -0.113. The summed E-state index contributed by atoms with van der Waals surface area (Å²) in [5, 5.41) is 6.31. The van der Waals surface area contributed by atoms with Gasteiger partial charge in [0.25, 0.3) is 5.91 Å². The van der Waals surface area contributed by atoms with Crippen molar-refractivity contribution in [1.82, 2.24) is 20.1 Å². The van der Waals surface area contributed by atoms with Crippen LogP contribution in [0.4, 0.5) is 19.3 Å². The van der Waals surface area contributed by atoms with E-state index < -0.39 is 17.5 Å². The zero-order valence-corrected chi connectivity index (χ0v) is 25.0. The first kappa shape index (κ1) is 29.7. The Bertz CT molecular complexity index is 1640. The molecule has 3 aliphatic rings. The second-order valence-electron chi connectivity index (χ2n) is 11.4. The Morgan fingerprint density at radius 3 is 2.45 bits per heavy atom.